The quantitative estimate of drug-likeness (QED) is 0.168. The van der Waals surface area contributed by atoms with Crippen molar-refractivity contribution in [1.29, 1.82) is 0 Å². The fraction of sp³-hybridized carbons (Fsp3) is 0.0175. The molecule has 2 heterocycles. The van der Waals surface area contributed by atoms with Gasteiger partial charge in [0.15, 0.2) is 5.82 Å². The molecule has 0 fully saturated rings. The summed E-state index contributed by atoms with van der Waals surface area (Å²) in [5, 5.41) is 4.98. The van der Waals surface area contributed by atoms with Gasteiger partial charge in [-0.05, 0) is 79.5 Å². The van der Waals surface area contributed by atoms with E-state index in [-0.39, 0.29) is 0 Å². The van der Waals surface area contributed by atoms with Crippen molar-refractivity contribution in [3.8, 4) is 56.2 Å². The Bertz CT molecular complexity index is 3380. The van der Waals surface area contributed by atoms with Gasteiger partial charge >= 0.3 is 0 Å². The lowest BCUT2D eigenvalue weighted by Gasteiger charge is -2.33. The van der Waals surface area contributed by atoms with Crippen LogP contribution in [0.1, 0.15) is 22.3 Å². The zero-order valence-corrected chi connectivity index (χ0v) is 33.4. The summed E-state index contributed by atoms with van der Waals surface area (Å²) in [7, 11) is 0. The van der Waals surface area contributed by atoms with E-state index in [1.54, 1.807) is 0 Å². The molecular weight excluding hydrogens is 745 g/mol. The molecule has 60 heavy (non-hydrogen) atoms. The number of fused-ring (bicyclic) bond motifs is 7. The van der Waals surface area contributed by atoms with Gasteiger partial charge in [0.2, 0.25) is 0 Å². The fourth-order valence-corrected chi connectivity index (χ4v) is 10.8. The summed E-state index contributed by atoms with van der Waals surface area (Å²) >= 11 is 1.86. The van der Waals surface area contributed by atoms with Crippen molar-refractivity contribution < 1.29 is 0 Å². The van der Waals surface area contributed by atoms with E-state index in [9.17, 15) is 0 Å². The standard InChI is InChI=1S/C57H36N2S/c1-3-16-43(17-4-1)57(44-18-5-2-6-19-44)50-24-11-9-20-46(50)49-35-41(32-33-51(49)57)53-36-52(58-56(59-53)42-31-26-37-14-7-8-15-40(37)34-42)39-29-27-38(28-30-39)45-22-13-23-48-47-21-10-12-25-54(47)60-55(45)48/h1-36H. The highest BCUT2D eigenvalue weighted by Gasteiger charge is 2.46. The lowest BCUT2D eigenvalue weighted by molar-refractivity contribution is 0.768. The van der Waals surface area contributed by atoms with Crippen LogP contribution in [0.2, 0.25) is 0 Å². The molecule has 0 aliphatic heterocycles. The number of nitrogens with zero attached hydrogens (tertiary/aromatic N) is 2. The summed E-state index contributed by atoms with van der Waals surface area (Å²) in [5.41, 5.74) is 14.4. The first-order chi connectivity index (χ1) is 29.7. The van der Waals surface area contributed by atoms with Crippen LogP contribution < -0.4 is 0 Å². The Morgan fingerprint density at radius 3 is 1.73 bits per heavy atom. The van der Waals surface area contributed by atoms with E-state index in [1.165, 1.54) is 70.1 Å². The molecule has 0 bridgehead atoms. The van der Waals surface area contributed by atoms with E-state index in [2.05, 4.69) is 218 Å². The Hall–Kier alpha value is -7.46. The molecule has 1 aliphatic carbocycles. The highest BCUT2D eigenvalue weighted by Crippen LogP contribution is 2.56. The first-order valence-electron chi connectivity index (χ1n) is 20.5. The predicted octanol–water partition coefficient (Wildman–Crippen LogP) is 15.0. The fourth-order valence-electron chi connectivity index (χ4n) is 9.60. The third kappa shape index (κ3) is 5.40. The van der Waals surface area contributed by atoms with Gasteiger partial charge in [-0.15, -0.1) is 11.3 Å². The molecule has 0 saturated heterocycles. The Morgan fingerprint density at radius 1 is 0.350 bits per heavy atom. The molecule has 0 atom stereocenters. The first kappa shape index (κ1) is 34.6. The van der Waals surface area contributed by atoms with Crippen LogP contribution in [-0.2, 0) is 5.41 Å². The third-order valence-corrected chi connectivity index (χ3v) is 13.6. The Balaban J connectivity index is 1.03. The lowest BCUT2D eigenvalue weighted by atomic mass is 9.67. The molecule has 0 N–H and O–H groups in total. The van der Waals surface area contributed by atoms with Gasteiger partial charge in [-0.25, -0.2) is 9.97 Å². The molecule has 0 saturated carbocycles. The van der Waals surface area contributed by atoms with Crippen LogP contribution >= 0.6 is 11.3 Å². The maximum Gasteiger partial charge on any atom is 0.160 e. The molecule has 280 valence electrons. The molecule has 0 amide bonds. The highest BCUT2D eigenvalue weighted by molar-refractivity contribution is 7.26. The number of rotatable bonds is 6. The Kier molecular flexibility index (Phi) is 7.97. The average molecular weight is 781 g/mol. The van der Waals surface area contributed by atoms with E-state index in [1.807, 2.05) is 11.3 Å². The van der Waals surface area contributed by atoms with E-state index in [0.29, 0.717) is 5.82 Å². The monoisotopic (exact) mass is 780 g/mol. The van der Waals surface area contributed by atoms with E-state index >= 15 is 0 Å². The number of benzene rings is 9. The van der Waals surface area contributed by atoms with E-state index < -0.39 is 5.41 Å². The van der Waals surface area contributed by atoms with Crippen LogP contribution in [0, 0.1) is 0 Å². The second-order valence-corrected chi connectivity index (χ2v) is 16.7. The summed E-state index contributed by atoms with van der Waals surface area (Å²) in [6.45, 7) is 0. The minimum absolute atomic E-state index is 0.456. The molecule has 11 aromatic rings. The zero-order valence-electron chi connectivity index (χ0n) is 32.6. The third-order valence-electron chi connectivity index (χ3n) is 12.4. The number of hydrogen-bond acceptors (Lipinski definition) is 3. The van der Waals surface area contributed by atoms with E-state index in [0.717, 1.165) is 33.5 Å². The second-order valence-electron chi connectivity index (χ2n) is 15.7. The summed E-state index contributed by atoms with van der Waals surface area (Å²) in [4.78, 5) is 10.6. The van der Waals surface area contributed by atoms with Gasteiger partial charge in [0.05, 0.1) is 16.8 Å². The highest BCUT2D eigenvalue weighted by atomic mass is 32.1. The van der Waals surface area contributed by atoms with Crippen molar-refractivity contribution >= 4 is 42.3 Å². The van der Waals surface area contributed by atoms with Crippen LogP contribution in [0.25, 0.3) is 87.1 Å². The summed E-state index contributed by atoms with van der Waals surface area (Å²) in [6, 6.07) is 79.2. The Morgan fingerprint density at radius 2 is 0.933 bits per heavy atom. The summed E-state index contributed by atoms with van der Waals surface area (Å²) in [5.74, 6) is 0.705. The zero-order chi connectivity index (χ0) is 39.6. The lowest BCUT2D eigenvalue weighted by Crippen LogP contribution is -2.28. The topological polar surface area (TPSA) is 25.8 Å². The molecule has 9 aromatic carbocycles. The molecule has 0 spiro atoms. The van der Waals surface area contributed by atoms with E-state index in [4.69, 9.17) is 9.97 Å². The normalized spacial score (nSPS) is 12.8. The van der Waals surface area contributed by atoms with Gasteiger partial charge in [0, 0.05) is 36.9 Å². The number of thiophene rings is 1. The van der Waals surface area contributed by atoms with Gasteiger partial charge in [0.25, 0.3) is 0 Å². The van der Waals surface area contributed by atoms with Crippen molar-refractivity contribution in [1.82, 2.24) is 9.97 Å². The molecule has 0 unspecified atom stereocenters. The molecule has 0 radical (unpaired) electrons. The van der Waals surface area contributed by atoms with Crippen LogP contribution in [0.4, 0.5) is 0 Å². The van der Waals surface area contributed by atoms with Gasteiger partial charge in [0.1, 0.15) is 0 Å². The van der Waals surface area contributed by atoms with Crippen LogP contribution in [0.15, 0.2) is 218 Å². The van der Waals surface area contributed by atoms with Crippen molar-refractivity contribution in [2.45, 2.75) is 5.41 Å². The van der Waals surface area contributed by atoms with Crippen LogP contribution in [-0.4, -0.2) is 9.97 Å². The maximum absolute atomic E-state index is 5.35. The molecular formula is C57H36N2S. The first-order valence-corrected chi connectivity index (χ1v) is 21.3. The maximum atomic E-state index is 5.35. The molecule has 12 rings (SSSR count). The molecule has 3 heteroatoms. The second kappa shape index (κ2) is 13.8. The van der Waals surface area contributed by atoms with Crippen LogP contribution in [0.5, 0.6) is 0 Å². The number of hydrogen-bond donors (Lipinski definition) is 0. The van der Waals surface area contributed by atoms with Crippen LogP contribution in [0.3, 0.4) is 0 Å². The smallest absolute Gasteiger partial charge is 0.160 e. The molecule has 2 nitrogen and oxygen atoms in total. The van der Waals surface area contributed by atoms with Gasteiger partial charge in [-0.3, -0.25) is 0 Å². The average Bonchev–Trinajstić information content (AvgIpc) is 3.86. The van der Waals surface area contributed by atoms with Crippen molar-refractivity contribution in [3.05, 3.63) is 241 Å². The van der Waals surface area contributed by atoms with Crippen molar-refractivity contribution in [3.63, 3.8) is 0 Å². The molecule has 2 aromatic heterocycles. The largest absolute Gasteiger partial charge is 0.228 e. The van der Waals surface area contributed by atoms with Gasteiger partial charge < -0.3 is 0 Å². The van der Waals surface area contributed by atoms with Crippen molar-refractivity contribution in [2.24, 2.45) is 0 Å². The predicted molar refractivity (Wildman–Crippen MR) is 251 cm³/mol. The Labute approximate surface area is 352 Å². The minimum Gasteiger partial charge on any atom is -0.228 e. The number of aromatic nitrogens is 2. The van der Waals surface area contributed by atoms with Crippen molar-refractivity contribution in [2.75, 3.05) is 0 Å². The molecule has 1 aliphatic rings. The summed E-state index contributed by atoms with van der Waals surface area (Å²) in [6.07, 6.45) is 0. The van der Waals surface area contributed by atoms with Gasteiger partial charge in [-0.2, -0.15) is 0 Å². The SMILES string of the molecule is c1ccc(C2(c3ccccc3)c3ccccc3-c3cc(-c4cc(-c5ccc(-c6cccc7c6sc6ccccc67)cc5)nc(-c5ccc6ccccc6c5)n4)ccc32)cc1. The minimum atomic E-state index is -0.456. The summed E-state index contributed by atoms with van der Waals surface area (Å²) < 4.78 is 2.63. The van der Waals surface area contributed by atoms with Gasteiger partial charge in [-0.1, -0.05) is 194 Å².